The highest BCUT2D eigenvalue weighted by molar-refractivity contribution is 7.20. The molecule has 5 rings (SSSR count). The van der Waals surface area contributed by atoms with Crippen molar-refractivity contribution < 1.29 is 4.79 Å². The molecule has 8 nitrogen and oxygen atoms in total. The molecular weight excluding hydrogens is 434 g/mol. The van der Waals surface area contributed by atoms with Gasteiger partial charge in [0.05, 0.1) is 22.0 Å². The number of nitrogens with zero attached hydrogens (tertiary/aromatic N) is 6. The topological polar surface area (TPSA) is 90.5 Å². The van der Waals surface area contributed by atoms with E-state index in [-0.39, 0.29) is 11.3 Å². The molecule has 0 saturated heterocycles. The number of rotatable bonds is 4. The Balaban J connectivity index is 1.52. The summed E-state index contributed by atoms with van der Waals surface area (Å²) in [5.41, 5.74) is 2.46. The van der Waals surface area contributed by atoms with E-state index in [2.05, 4.69) is 46.3 Å². The largest absolute Gasteiger partial charge is 0.306 e. The number of carbonyl (C=O) groups is 1. The van der Waals surface area contributed by atoms with Gasteiger partial charge in [-0.15, -0.1) is 11.3 Å². The second-order valence-corrected chi connectivity index (χ2v) is 9.77. The molecule has 0 spiro atoms. The summed E-state index contributed by atoms with van der Waals surface area (Å²) in [5.74, 6) is 0.706. The molecule has 0 fully saturated rings. The van der Waals surface area contributed by atoms with Crippen molar-refractivity contribution in [3.63, 3.8) is 0 Å². The first-order valence-corrected chi connectivity index (χ1v) is 11.4. The lowest BCUT2D eigenvalue weighted by Gasteiger charge is -2.13. The number of thiophene rings is 1. The SMILES string of the molecule is Cc1nn(-c2ccccc2)c2sc(C(=O)Nc3cc(C(C)(C)C)nn3-c3ncccn3)cc12. The minimum Gasteiger partial charge on any atom is -0.306 e. The van der Waals surface area contributed by atoms with Crippen LogP contribution in [-0.4, -0.2) is 35.4 Å². The van der Waals surface area contributed by atoms with Crippen molar-refractivity contribution in [1.82, 2.24) is 29.5 Å². The van der Waals surface area contributed by atoms with E-state index in [4.69, 9.17) is 0 Å². The average Bonchev–Trinajstić information content (AvgIpc) is 3.50. The van der Waals surface area contributed by atoms with Gasteiger partial charge >= 0.3 is 0 Å². The molecule has 0 radical (unpaired) electrons. The molecule has 0 aliphatic rings. The van der Waals surface area contributed by atoms with Crippen LogP contribution in [0.25, 0.3) is 21.9 Å². The third-order valence-corrected chi connectivity index (χ3v) is 6.34. The summed E-state index contributed by atoms with van der Waals surface area (Å²) in [5, 5.41) is 13.3. The molecule has 0 atom stereocenters. The molecule has 0 unspecified atom stereocenters. The maximum atomic E-state index is 13.3. The second-order valence-electron chi connectivity index (χ2n) is 8.74. The lowest BCUT2D eigenvalue weighted by Crippen LogP contribution is -2.15. The minimum absolute atomic E-state index is 0.201. The molecule has 0 saturated carbocycles. The third kappa shape index (κ3) is 3.91. The second kappa shape index (κ2) is 7.93. The number of amides is 1. The van der Waals surface area contributed by atoms with Crippen molar-refractivity contribution in [2.75, 3.05) is 5.32 Å². The van der Waals surface area contributed by atoms with Gasteiger partial charge in [0.15, 0.2) is 0 Å². The van der Waals surface area contributed by atoms with E-state index in [9.17, 15) is 4.79 Å². The summed E-state index contributed by atoms with van der Waals surface area (Å²) in [4.78, 5) is 23.4. The zero-order chi connectivity index (χ0) is 23.2. The number of hydrogen-bond acceptors (Lipinski definition) is 6. The highest BCUT2D eigenvalue weighted by Gasteiger charge is 2.24. The fourth-order valence-electron chi connectivity index (χ4n) is 3.47. The maximum Gasteiger partial charge on any atom is 0.266 e. The summed E-state index contributed by atoms with van der Waals surface area (Å²) in [6, 6.07) is 15.4. The molecule has 166 valence electrons. The van der Waals surface area contributed by atoms with Gasteiger partial charge in [0.1, 0.15) is 10.6 Å². The van der Waals surface area contributed by atoms with E-state index >= 15 is 0 Å². The summed E-state index contributed by atoms with van der Waals surface area (Å²) >= 11 is 1.41. The monoisotopic (exact) mass is 457 g/mol. The van der Waals surface area contributed by atoms with Gasteiger partial charge in [-0.2, -0.15) is 14.9 Å². The molecule has 0 aliphatic carbocycles. The van der Waals surface area contributed by atoms with Gasteiger partial charge in [-0.05, 0) is 31.2 Å². The number of benzene rings is 1. The van der Waals surface area contributed by atoms with Crippen molar-refractivity contribution in [2.24, 2.45) is 0 Å². The molecule has 9 heteroatoms. The summed E-state index contributed by atoms with van der Waals surface area (Å²) in [6.07, 6.45) is 3.30. The summed E-state index contributed by atoms with van der Waals surface area (Å²) < 4.78 is 3.45. The minimum atomic E-state index is -0.215. The molecule has 33 heavy (non-hydrogen) atoms. The normalized spacial score (nSPS) is 11.8. The predicted molar refractivity (Wildman–Crippen MR) is 129 cm³/mol. The lowest BCUT2D eigenvalue weighted by atomic mass is 9.92. The first-order valence-electron chi connectivity index (χ1n) is 10.5. The van der Waals surface area contributed by atoms with Crippen LogP contribution in [0.5, 0.6) is 0 Å². The molecule has 4 aromatic heterocycles. The van der Waals surface area contributed by atoms with Crippen molar-refractivity contribution in [3.05, 3.63) is 77.2 Å². The van der Waals surface area contributed by atoms with Crippen LogP contribution in [0.3, 0.4) is 0 Å². The van der Waals surface area contributed by atoms with Gasteiger partial charge in [-0.25, -0.2) is 14.6 Å². The fourth-order valence-corrected chi connectivity index (χ4v) is 4.55. The van der Waals surface area contributed by atoms with Gasteiger partial charge in [-0.1, -0.05) is 39.0 Å². The van der Waals surface area contributed by atoms with Crippen molar-refractivity contribution in [2.45, 2.75) is 33.1 Å². The lowest BCUT2D eigenvalue weighted by molar-refractivity contribution is 0.103. The van der Waals surface area contributed by atoms with Crippen molar-refractivity contribution in [3.8, 4) is 11.6 Å². The number of nitrogens with one attached hydrogen (secondary N) is 1. The Hall–Kier alpha value is -3.85. The number of carbonyl (C=O) groups excluding carboxylic acids is 1. The van der Waals surface area contributed by atoms with E-state index in [1.54, 1.807) is 23.1 Å². The Morgan fingerprint density at radius 2 is 1.70 bits per heavy atom. The van der Waals surface area contributed by atoms with Crippen LogP contribution < -0.4 is 5.32 Å². The Bertz CT molecular complexity index is 1440. The predicted octanol–water partition coefficient (Wildman–Crippen LogP) is 4.92. The zero-order valence-corrected chi connectivity index (χ0v) is 19.6. The van der Waals surface area contributed by atoms with Crippen LogP contribution in [0, 0.1) is 6.92 Å². The van der Waals surface area contributed by atoms with E-state index in [0.29, 0.717) is 16.6 Å². The molecular formula is C24H23N7OS. The van der Waals surface area contributed by atoms with Gasteiger partial charge < -0.3 is 5.32 Å². The molecule has 4 heterocycles. The Morgan fingerprint density at radius 1 is 0.970 bits per heavy atom. The molecule has 0 bridgehead atoms. The first-order chi connectivity index (χ1) is 15.8. The van der Waals surface area contributed by atoms with Crippen LogP contribution in [0.15, 0.2) is 60.9 Å². The molecule has 0 aliphatic heterocycles. The first kappa shape index (κ1) is 21.0. The van der Waals surface area contributed by atoms with E-state index in [1.807, 2.05) is 54.1 Å². The quantitative estimate of drug-likeness (QED) is 0.414. The van der Waals surface area contributed by atoms with Crippen LogP contribution in [0.2, 0.25) is 0 Å². The van der Waals surface area contributed by atoms with Gasteiger partial charge in [-0.3, -0.25) is 4.79 Å². The van der Waals surface area contributed by atoms with E-state index in [1.165, 1.54) is 11.3 Å². The number of anilines is 1. The third-order valence-electron chi connectivity index (χ3n) is 5.23. The van der Waals surface area contributed by atoms with Crippen LogP contribution in [0.4, 0.5) is 5.82 Å². The van der Waals surface area contributed by atoms with Gasteiger partial charge in [0.25, 0.3) is 11.9 Å². The van der Waals surface area contributed by atoms with Crippen molar-refractivity contribution in [1.29, 1.82) is 0 Å². The number of aromatic nitrogens is 6. The molecule has 1 N–H and O–H groups in total. The van der Waals surface area contributed by atoms with Crippen LogP contribution >= 0.6 is 11.3 Å². The maximum absolute atomic E-state index is 13.3. The number of para-hydroxylation sites is 1. The zero-order valence-electron chi connectivity index (χ0n) is 18.8. The Morgan fingerprint density at radius 3 is 2.39 bits per heavy atom. The molecule has 5 aromatic rings. The van der Waals surface area contributed by atoms with Crippen molar-refractivity contribution >= 4 is 33.3 Å². The number of hydrogen-bond donors (Lipinski definition) is 1. The van der Waals surface area contributed by atoms with E-state index in [0.717, 1.165) is 27.3 Å². The van der Waals surface area contributed by atoms with E-state index < -0.39 is 0 Å². The summed E-state index contributed by atoms with van der Waals surface area (Å²) in [7, 11) is 0. The highest BCUT2D eigenvalue weighted by atomic mass is 32.1. The number of fused-ring (bicyclic) bond motifs is 1. The van der Waals surface area contributed by atoms with Gasteiger partial charge in [0.2, 0.25) is 0 Å². The smallest absolute Gasteiger partial charge is 0.266 e. The van der Waals surface area contributed by atoms with Crippen LogP contribution in [0.1, 0.15) is 41.8 Å². The molecule has 1 aromatic carbocycles. The Labute approximate surface area is 194 Å². The standard InChI is InChI=1S/C24H23N7OS/c1-15-17-13-18(33-22(17)30(28-15)16-9-6-5-7-10-16)21(32)27-20-14-19(24(2,3)4)29-31(20)23-25-11-8-12-26-23/h5-14H,1-4H3,(H,27,32). The Kier molecular flexibility index (Phi) is 5.05. The summed E-state index contributed by atoms with van der Waals surface area (Å²) in [6.45, 7) is 8.16. The van der Waals surface area contributed by atoms with Gasteiger partial charge in [0, 0.05) is 29.3 Å². The molecule has 1 amide bonds. The average molecular weight is 458 g/mol. The number of aryl methyl sites for hydroxylation is 1. The van der Waals surface area contributed by atoms with Crippen LogP contribution in [-0.2, 0) is 5.41 Å². The highest BCUT2D eigenvalue weighted by Crippen LogP contribution is 2.31. The fraction of sp³-hybridized carbons (Fsp3) is 0.208.